The molecule has 4 nitrogen and oxygen atoms in total. The first kappa shape index (κ1) is 21.8. The summed E-state index contributed by atoms with van der Waals surface area (Å²) in [5.41, 5.74) is 2.18. The van der Waals surface area contributed by atoms with E-state index in [1.165, 1.54) is 0 Å². The molecule has 2 aromatic carbocycles. The van der Waals surface area contributed by atoms with Gasteiger partial charge in [-0.05, 0) is 61.9 Å². The number of para-hydroxylation sites is 1. The first-order valence-corrected chi connectivity index (χ1v) is 10.2. The molecule has 0 radical (unpaired) electrons. The number of benzene rings is 2. The minimum absolute atomic E-state index is 0.0936. The van der Waals surface area contributed by atoms with Gasteiger partial charge >= 0.3 is 0 Å². The second-order valence-corrected chi connectivity index (χ2v) is 7.39. The largest absolute Gasteiger partial charge is 0.491 e. The van der Waals surface area contributed by atoms with Gasteiger partial charge in [0.2, 0.25) is 0 Å². The number of hydrogen-bond acceptors (Lipinski definition) is 3. The van der Waals surface area contributed by atoms with Crippen LogP contribution in [-0.4, -0.2) is 18.1 Å². The topological polar surface area (TPSA) is 47.6 Å². The lowest BCUT2D eigenvalue weighted by Gasteiger charge is -2.21. The molecular formula is C24H33NO3. The minimum atomic E-state index is -0.506. The number of ether oxygens (including phenoxy) is 2. The number of carbonyl (C=O) groups excluding carboxylic acids is 1. The maximum Gasteiger partial charge on any atom is 0.261 e. The number of amides is 1. The Hall–Kier alpha value is -2.49. The summed E-state index contributed by atoms with van der Waals surface area (Å²) in [7, 11) is 0. The molecule has 0 spiro atoms. The standard InChI is InChI=1S/C24H33NO3/c1-6-18(5)21-10-8-9-11-23(21)28-22(7-2)24(26)25-16-19-12-14-20(15-13-19)27-17(3)4/h8-15,17-18,22H,6-7,16H2,1-5H3,(H,25,26). The molecule has 0 aromatic heterocycles. The van der Waals surface area contributed by atoms with Gasteiger partial charge < -0.3 is 14.8 Å². The van der Waals surface area contributed by atoms with Crippen LogP contribution in [0.3, 0.4) is 0 Å². The van der Waals surface area contributed by atoms with Crippen LogP contribution in [-0.2, 0) is 11.3 Å². The van der Waals surface area contributed by atoms with Crippen LogP contribution in [0.5, 0.6) is 11.5 Å². The molecule has 0 aliphatic heterocycles. The van der Waals surface area contributed by atoms with Gasteiger partial charge in [0, 0.05) is 6.54 Å². The molecule has 1 N–H and O–H groups in total. The molecule has 152 valence electrons. The minimum Gasteiger partial charge on any atom is -0.491 e. The molecule has 2 rings (SSSR count). The van der Waals surface area contributed by atoms with Crippen molar-refractivity contribution in [3.05, 3.63) is 59.7 Å². The fraction of sp³-hybridized carbons (Fsp3) is 0.458. The number of carbonyl (C=O) groups is 1. The highest BCUT2D eigenvalue weighted by molar-refractivity contribution is 5.81. The van der Waals surface area contributed by atoms with Gasteiger partial charge in [-0.2, -0.15) is 0 Å². The Labute approximate surface area is 169 Å². The highest BCUT2D eigenvalue weighted by Crippen LogP contribution is 2.29. The summed E-state index contributed by atoms with van der Waals surface area (Å²) in [5.74, 6) is 1.93. The monoisotopic (exact) mass is 383 g/mol. The van der Waals surface area contributed by atoms with E-state index >= 15 is 0 Å². The van der Waals surface area contributed by atoms with Gasteiger partial charge in [-0.3, -0.25) is 4.79 Å². The third kappa shape index (κ3) is 6.29. The van der Waals surface area contributed by atoms with Gasteiger partial charge in [0.15, 0.2) is 6.10 Å². The van der Waals surface area contributed by atoms with E-state index in [9.17, 15) is 4.79 Å². The van der Waals surface area contributed by atoms with Crippen molar-refractivity contribution in [3.8, 4) is 11.5 Å². The summed E-state index contributed by atoms with van der Waals surface area (Å²) in [5, 5.41) is 2.99. The molecule has 0 bridgehead atoms. The predicted molar refractivity (Wildman–Crippen MR) is 114 cm³/mol. The van der Waals surface area contributed by atoms with E-state index in [0.717, 1.165) is 29.0 Å². The third-order valence-electron chi connectivity index (χ3n) is 4.76. The predicted octanol–water partition coefficient (Wildman–Crippen LogP) is 5.46. The first-order valence-electron chi connectivity index (χ1n) is 10.2. The maximum atomic E-state index is 12.7. The zero-order valence-corrected chi connectivity index (χ0v) is 17.7. The van der Waals surface area contributed by atoms with E-state index in [4.69, 9.17) is 9.47 Å². The highest BCUT2D eigenvalue weighted by Gasteiger charge is 2.20. The molecule has 4 heteroatoms. The van der Waals surface area contributed by atoms with Crippen LogP contribution in [0, 0.1) is 0 Å². The molecule has 0 aliphatic rings. The average Bonchev–Trinajstić information content (AvgIpc) is 2.70. The lowest BCUT2D eigenvalue weighted by Crippen LogP contribution is -2.37. The van der Waals surface area contributed by atoms with Gasteiger partial charge in [-0.25, -0.2) is 0 Å². The third-order valence-corrected chi connectivity index (χ3v) is 4.76. The van der Waals surface area contributed by atoms with Crippen LogP contribution in [0.2, 0.25) is 0 Å². The highest BCUT2D eigenvalue weighted by atomic mass is 16.5. The van der Waals surface area contributed by atoms with E-state index in [0.29, 0.717) is 18.9 Å². The number of rotatable bonds is 10. The molecule has 2 unspecified atom stereocenters. The van der Waals surface area contributed by atoms with Crippen LogP contribution < -0.4 is 14.8 Å². The van der Waals surface area contributed by atoms with Crippen LogP contribution in [0.1, 0.15) is 64.5 Å². The van der Waals surface area contributed by atoms with Crippen molar-refractivity contribution in [1.29, 1.82) is 0 Å². The number of hydrogen-bond donors (Lipinski definition) is 1. The lowest BCUT2D eigenvalue weighted by atomic mass is 9.98. The normalized spacial score (nSPS) is 13.1. The SMILES string of the molecule is CCC(Oc1ccccc1C(C)CC)C(=O)NCc1ccc(OC(C)C)cc1. The molecule has 0 saturated heterocycles. The summed E-state index contributed by atoms with van der Waals surface area (Å²) in [4.78, 5) is 12.7. The second kappa shape index (κ2) is 10.7. The Bertz CT molecular complexity index is 740. The van der Waals surface area contributed by atoms with Crippen molar-refractivity contribution >= 4 is 5.91 Å². The van der Waals surface area contributed by atoms with Crippen molar-refractivity contribution in [1.82, 2.24) is 5.32 Å². The van der Waals surface area contributed by atoms with Crippen LogP contribution >= 0.6 is 0 Å². The maximum absolute atomic E-state index is 12.7. The van der Waals surface area contributed by atoms with Gasteiger partial charge in [0.1, 0.15) is 11.5 Å². The molecule has 0 heterocycles. The fourth-order valence-corrected chi connectivity index (χ4v) is 2.95. The van der Waals surface area contributed by atoms with E-state index in [1.807, 2.05) is 63.2 Å². The first-order chi connectivity index (χ1) is 13.4. The Balaban J connectivity index is 1.97. The quantitative estimate of drug-likeness (QED) is 0.592. The summed E-state index contributed by atoms with van der Waals surface area (Å²) >= 11 is 0. The Kier molecular flexibility index (Phi) is 8.37. The summed E-state index contributed by atoms with van der Waals surface area (Å²) in [6.45, 7) is 10.8. The van der Waals surface area contributed by atoms with Crippen molar-refractivity contribution < 1.29 is 14.3 Å². The fourth-order valence-electron chi connectivity index (χ4n) is 2.95. The van der Waals surface area contributed by atoms with Crippen LogP contribution in [0.4, 0.5) is 0 Å². The Morgan fingerprint density at radius 1 is 0.929 bits per heavy atom. The zero-order chi connectivity index (χ0) is 20.5. The van der Waals surface area contributed by atoms with Crippen LogP contribution in [0.25, 0.3) is 0 Å². The smallest absolute Gasteiger partial charge is 0.261 e. The zero-order valence-electron chi connectivity index (χ0n) is 17.7. The molecule has 0 aliphatic carbocycles. The van der Waals surface area contributed by atoms with Crippen molar-refractivity contribution in [3.63, 3.8) is 0 Å². The van der Waals surface area contributed by atoms with Crippen LogP contribution in [0.15, 0.2) is 48.5 Å². The van der Waals surface area contributed by atoms with Crippen molar-refractivity contribution in [2.75, 3.05) is 0 Å². The van der Waals surface area contributed by atoms with Gasteiger partial charge in [0.05, 0.1) is 6.10 Å². The molecule has 2 atom stereocenters. The average molecular weight is 384 g/mol. The van der Waals surface area contributed by atoms with Gasteiger partial charge in [0.25, 0.3) is 5.91 Å². The summed E-state index contributed by atoms with van der Waals surface area (Å²) in [6.07, 6.45) is 1.28. The second-order valence-electron chi connectivity index (χ2n) is 7.39. The molecule has 2 aromatic rings. The molecule has 0 saturated carbocycles. The van der Waals surface area contributed by atoms with E-state index in [-0.39, 0.29) is 12.0 Å². The van der Waals surface area contributed by atoms with E-state index in [2.05, 4.69) is 25.2 Å². The van der Waals surface area contributed by atoms with Gasteiger partial charge in [-0.15, -0.1) is 0 Å². The summed E-state index contributed by atoms with van der Waals surface area (Å²) in [6, 6.07) is 15.8. The molecule has 1 amide bonds. The summed E-state index contributed by atoms with van der Waals surface area (Å²) < 4.78 is 11.7. The Morgan fingerprint density at radius 3 is 2.21 bits per heavy atom. The van der Waals surface area contributed by atoms with E-state index in [1.54, 1.807) is 0 Å². The van der Waals surface area contributed by atoms with E-state index < -0.39 is 6.10 Å². The van der Waals surface area contributed by atoms with Crippen molar-refractivity contribution in [2.45, 2.75) is 72.1 Å². The molecular weight excluding hydrogens is 350 g/mol. The molecule has 28 heavy (non-hydrogen) atoms. The molecule has 0 fully saturated rings. The van der Waals surface area contributed by atoms with Gasteiger partial charge in [-0.1, -0.05) is 51.1 Å². The number of nitrogens with one attached hydrogen (secondary N) is 1. The Morgan fingerprint density at radius 2 is 1.61 bits per heavy atom. The van der Waals surface area contributed by atoms with Crippen molar-refractivity contribution in [2.24, 2.45) is 0 Å². The lowest BCUT2D eigenvalue weighted by molar-refractivity contribution is -0.128.